The lowest BCUT2D eigenvalue weighted by molar-refractivity contribution is 0.0596. The summed E-state index contributed by atoms with van der Waals surface area (Å²) in [6.45, 7) is 3.54. The average molecular weight is 309 g/mol. The Morgan fingerprint density at radius 3 is 2.81 bits per heavy atom. The van der Waals surface area contributed by atoms with Gasteiger partial charge in [0.1, 0.15) is 11.9 Å². The van der Waals surface area contributed by atoms with Gasteiger partial charge in [0.2, 0.25) is 5.88 Å². The predicted octanol–water partition coefficient (Wildman–Crippen LogP) is 3.49. The lowest BCUT2D eigenvalue weighted by Gasteiger charge is -2.11. The Labute approximate surface area is 125 Å². The number of ether oxygens (including phenoxy) is 2. The fourth-order valence-corrected chi connectivity index (χ4v) is 1.79. The van der Waals surface area contributed by atoms with Gasteiger partial charge in [-0.05, 0) is 18.2 Å². The maximum absolute atomic E-state index is 13.7. The Bertz CT molecular complexity index is 686. The molecule has 0 atom stereocenters. The van der Waals surface area contributed by atoms with Gasteiger partial charge in [0.05, 0.1) is 17.8 Å². The van der Waals surface area contributed by atoms with Crippen LogP contribution in [0.4, 0.5) is 4.39 Å². The van der Waals surface area contributed by atoms with Crippen LogP contribution in [0.25, 0.3) is 6.08 Å². The van der Waals surface area contributed by atoms with E-state index in [9.17, 15) is 9.18 Å². The molecule has 0 N–H and O–H groups in total. The molecule has 0 aliphatic rings. The molecule has 2 aromatic rings. The van der Waals surface area contributed by atoms with Crippen molar-refractivity contribution in [2.45, 2.75) is 0 Å². The summed E-state index contributed by atoms with van der Waals surface area (Å²) in [6, 6.07) is 4.06. The molecule has 0 saturated heterocycles. The van der Waals surface area contributed by atoms with Gasteiger partial charge in [0.25, 0.3) is 0 Å². The van der Waals surface area contributed by atoms with E-state index in [1.165, 1.54) is 31.4 Å². The Kier molecular flexibility index (Phi) is 4.49. The first-order valence-corrected chi connectivity index (χ1v) is 6.14. The molecule has 0 unspecified atom stereocenters. The van der Waals surface area contributed by atoms with E-state index in [2.05, 4.69) is 21.3 Å². The quantitative estimate of drug-likeness (QED) is 0.809. The summed E-state index contributed by atoms with van der Waals surface area (Å²) < 4.78 is 23.7. The van der Waals surface area contributed by atoms with Gasteiger partial charge in [-0.15, -0.1) is 0 Å². The number of halogens is 2. The Balaban J connectivity index is 2.54. The van der Waals surface area contributed by atoms with Crippen LogP contribution in [0.15, 0.2) is 31.1 Å². The summed E-state index contributed by atoms with van der Waals surface area (Å²) in [5.74, 6) is -1.82. The third-order valence-corrected chi connectivity index (χ3v) is 2.84. The van der Waals surface area contributed by atoms with Gasteiger partial charge in [-0.3, -0.25) is 0 Å². The second-order valence-electron chi connectivity index (χ2n) is 3.79. The number of hydrogen-bond donors (Lipinski definition) is 0. The van der Waals surface area contributed by atoms with Crippen molar-refractivity contribution in [1.29, 1.82) is 0 Å². The molecule has 7 heteroatoms. The third kappa shape index (κ3) is 3.00. The molecule has 1 aromatic heterocycles. The number of carbonyl (C=O) groups excluding carboxylic acids is 1. The Hall–Kier alpha value is -2.47. The molecule has 0 spiro atoms. The zero-order chi connectivity index (χ0) is 15.4. The van der Waals surface area contributed by atoms with E-state index in [-0.39, 0.29) is 27.9 Å². The van der Waals surface area contributed by atoms with Crippen LogP contribution in [0.3, 0.4) is 0 Å². The lowest BCUT2D eigenvalue weighted by Crippen LogP contribution is -2.09. The number of aromatic nitrogens is 2. The first-order chi connectivity index (χ1) is 10.1. The number of esters is 1. The molecule has 21 heavy (non-hydrogen) atoms. The summed E-state index contributed by atoms with van der Waals surface area (Å²) in [7, 11) is 1.20. The van der Waals surface area contributed by atoms with Crippen molar-refractivity contribution in [3.8, 4) is 11.6 Å². The van der Waals surface area contributed by atoms with E-state index in [1.54, 1.807) is 0 Å². The zero-order valence-electron chi connectivity index (χ0n) is 11.0. The molecule has 0 amide bonds. The standard InChI is InChI=1S/C14H10ClFN2O3/c1-3-10-11(14(19)20-2)13(18-7-17-10)21-12-8(15)5-4-6-9(12)16/h3-7H,1H2,2H3. The van der Waals surface area contributed by atoms with Crippen molar-refractivity contribution in [2.75, 3.05) is 7.11 Å². The van der Waals surface area contributed by atoms with E-state index in [4.69, 9.17) is 16.3 Å². The van der Waals surface area contributed by atoms with E-state index in [0.29, 0.717) is 0 Å². The smallest absolute Gasteiger partial charge is 0.345 e. The second-order valence-corrected chi connectivity index (χ2v) is 4.19. The van der Waals surface area contributed by atoms with Crippen LogP contribution in [0, 0.1) is 5.82 Å². The van der Waals surface area contributed by atoms with Crippen molar-refractivity contribution in [3.63, 3.8) is 0 Å². The third-order valence-electron chi connectivity index (χ3n) is 2.54. The van der Waals surface area contributed by atoms with Crippen LogP contribution in [0.5, 0.6) is 11.6 Å². The van der Waals surface area contributed by atoms with Crippen LogP contribution >= 0.6 is 11.6 Å². The van der Waals surface area contributed by atoms with Gasteiger partial charge in [0, 0.05) is 0 Å². The van der Waals surface area contributed by atoms with Gasteiger partial charge < -0.3 is 9.47 Å². The fourth-order valence-electron chi connectivity index (χ4n) is 1.58. The number of carbonyl (C=O) groups is 1. The summed E-state index contributed by atoms with van der Waals surface area (Å²) in [6.07, 6.45) is 2.50. The highest BCUT2D eigenvalue weighted by Gasteiger charge is 2.22. The van der Waals surface area contributed by atoms with Gasteiger partial charge >= 0.3 is 5.97 Å². The van der Waals surface area contributed by atoms with Crippen molar-refractivity contribution < 1.29 is 18.7 Å². The first-order valence-electron chi connectivity index (χ1n) is 5.76. The van der Waals surface area contributed by atoms with Crippen molar-refractivity contribution in [3.05, 3.63) is 53.2 Å². The molecule has 1 aromatic carbocycles. The highest BCUT2D eigenvalue weighted by atomic mass is 35.5. The molecular formula is C14H10ClFN2O3. The molecule has 108 valence electrons. The minimum absolute atomic E-state index is 0.0459. The molecule has 0 radical (unpaired) electrons. The molecule has 0 saturated carbocycles. The van der Waals surface area contributed by atoms with E-state index in [1.807, 2.05) is 0 Å². The maximum Gasteiger partial charge on any atom is 0.345 e. The molecule has 0 aliphatic heterocycles. The summed E-state index contributed by atoms with van der Waals surface area (Å²) in [5, 5.41) is 0.0459. The highest BCUT2D eigenvalue weighted by molar-refractivity contribution is 6.32. The summed E-state index contributed by atoms with van der Waals surface area (Å²) in [4.78, 5) is 19.5. The summed E-state index contributed by atoms with van der Waals surface area (Å²) >= 11 is 5.87. The Morgan fingerprint density at radius 2 is 2.19 bits per heavy atom. The molecular weight excluding hydrogens is 299 g/mol. The minimum atomic E-state index is -0.729. The molecule has 0 bridgehead atoms. The number of nitrogens with zero attached hydrogens (tertiary/aromatic N) is 2. The highest BCUT2D eigenvalue weighted by Crippen LogP contribution is 2.33. The summed E-state index contributed by atoms with van der Waals surface area (Å²) in [5.41, 5.74) is 0.147. The van der Waals surface area contributed by atoms with Crippen LogP contribution < -0.4 is 4.74 Å². The number of para-hydroxylation sites is 1. The number of methoxy groups -OCH3 is 1. The SMILES string of the molecule is C=Cc1ncnc(Oc2c(F)cccc2Cl)c1C(=O)OC. The average Bonchev–Trinajstić information content (AvgIpc) is 2.50. The van der Waals surface area contributed by atoms with Crippen LogP contribution in [0.2, 0.25) is 5.02 Å². The predicted molar refractivity (Wildman–Crippen MR) is 74.9 cm³/mol. The molecule has 2 rings (SSSR count). The molecule has 5 nitrogen and oxygen atoms in total. The topological polar surface area (TPSA) is 61.3 Å². The fraction of sp³-hybridized carbons (Fsp3) is 0.0714. The van der Waals surface area contributed by atoms with Crippen molar-refractivity contribution in [1.82, 2.24) is 9.97 Å². The first kappa shape index (κ1) is 14.9. The van der Waals surface area contributed by atoms with E-state index >= 15 is 0 Å². The van der Waals surface area contributed by atoms with Gasteiger partial charge in [0.15, 0.2) is 11.6 Å². The normalized spacial score (nSPS) is 10.0. The van der Waals surface area contributed by atoms with Gasteiger partial charge in [-0.25, -0.2) is 19.2 Å². The van der Waals surface area contributed by atoms with Crippen molar-refractivity contribution >= 4 is 23.6 Å². The Morgan fingerprint density at radius 1 is 1.43 bits per heavy atom. The van der Waals surface area contributed by atoms with E-state index < -0.39 is 11.8 Å². The van der Waals surface area contributed by atoms with Crippen molar-refractivity contribution in [2.24, 2.45) is 0 Å². The number of rotatable bonds is 4. The second kappa shape index (κ2) is 6.32. The van der Waals surface area contributed by atoms with Crippen LogP contribution in [0.1, 0.15) is 16.1 Å². The van der Waals surface area contributed by atoms with E-state index in [0.717, 1.165) is 6.33 Å². The van der Waals surface area contributed by atoms with Gasteiger partial charge in [-0.2, -0.15) is 0 Å². The van der Waals surface area contributed by atoms with Gasteiger partial charge in [-0.1, -0.05) is 24.2 Å². The number of hydrogen-bond acceptors (Lipinski definition) is 5. The molecule has 0 fully saturated rings. The maximum atomic E-state index is 13.7. The largest absolute Gasteiger partial charge is 0.465 e. The molecule has 1 heterocycles. The van der Waals surface area contributed by atoms with Crippen LogP contribution in [-0.4, -0.2) is 23.0 Å². The monoisotopic (exact) mass is 308 g/mol. The van der Waals surface area contributed by atoms with Crippen LogP contribution in [-0.2, 0) is 4.74 Å². The minimum Gasteiger partial charge on any atom is -0.465 e. The molecule has 0 aliphatic carbocycles. The number of benzene rings is 1. The zero-order valence-corrected chi connectivity index (χ0v) is 11.7. The lowest BCUT2D eigenvalue weighted by atomic mass is 10.2.